The van der Waals surface area contributed by atoms with Crippen molar-refractivity contribution >= 4 is 34.5 Å². The number of hydrogen-bond donors (Lipinski definition) is 1. The lowest BCUT2D eigenvalue weighted by Gasteiger charge is -2.29. The topological polar surface area (TPSA) is 86.2 Å². The van der Waals surface area contributed by atoms with E-state index in [4.69, 9.17) is 19.4 Å². The van der Waals surface area contributed by atoms with E-state index in [-0.39, 0.29) is 5.97 Å². The van der Waals surface area contributed by atoms with Crippen molar-refractivity contribution < 1.29 is 14.3 Å². The number of methoxy groups -OCH3 is 1. The van der Waals surface area contributed by atoms with Crippen LogP contribution in [-0.2, 0) is 9.47 Å². The lowest BCUT2D eigenvalue weighted by molar-refractivity contribution is 0.0330. The molecule has 0 saturated heterocycles. The van der Waals surface area contributed by atoms with E-state index < -0.39 is 6.10 Å². The number of nitrogens with one attached hydrogen (secondary N) is 1. The highest BCUT2D eigenvalue weighted by Crippen LogP contribution is 2.30. The lowest BCUT2D eigenvalue weighted by Crippen LogP contribution is -2.29. The third-order valence-corrected chi connectivity index (χ3v) is 6.37. The van der Waals surface area contributed by atoms with E-state index >= 15 is 0 Å². The van der Waals surface area contributed by atoms with Gasteiger partial charge in [0.2, 0.25) is 0 Å². The van der Waals surface area contributed by atoms with Crippen LogP contribution in [0, 0.1) is 0 Å². The number of benzene rings is 1. The summed E-state index contributed by atoms with van der Waals surface area (Å²) in [6.07, 6.45) is 7.61. The molecule has 0 aliphatic heterocycles. The van der Waals surface area contributed by atoms with Gasteiger partial charge in [-0.25, -0.2) is 19.7 Å². The Labute approximate surface area is 192 Å². The first-order valence-electron chi connectivity index (χ1n) is 10.8. The first kappa shape index (κ1) is 22.5. The first-order valence-corrected chi connectivity index (χ1v) is 12.1. The van der Waals surface area contributed by atoms with Gasteiger partial charge in [0, 0.05) is 24.7 Å². The second kappa shape index (κ2) is 10.3. The van der Waals surface area contributed by atoms with Crippen LogP contribution in [0.1, 0.15) is 54.8 Å². The standard InChI is InChI=1S/C24H28N4O3S/c1-15(31-23(29)16-7-5-4-6-8-16)20-13-17-14-25-24(32-3)28-21(17)22(27-20)26-18-9-11-19(30-2)12-10-18/h4-8,13-15,18-19H,9-12H2,1-3H3,(H,26,27)/t15-,18?,19?/m1/s1. The highest BCUT2D eigenvalue weighted by molar-refractivity contribution is 7.98. The van der Waals surface area contributed by atoms with Gasteiger partial charge in [-0.1, -0.05) is 30.0 Å². The number of pyridine rings is 1. The Kier molecular flexibility index (Phi) is 7.22. The number of ether oxygens (including phenoxy) is 2. The predicted octanol–water partition coefficient (Wildman–Crippen LogP) is 5.03. The van der Waals surface area contributed by atoms with Gasteiger partial charge in [-0.2, -0.15) is 0 Å². The maximum atomic E-state index is 12.5. The summed E-state index contributed by atoms with van der Waals surface area (Å²) in [5.74, 6) is 0.333. The van der Waals surface area contributed by atoms with Crippen LogP contribution in [0.2, 0.25) is 0 Å². The molecule has 1 aromatic carbocycles. The second-order valence-electron chi connectivity index (χ2n) is 7.96. The largest absolute Gasteiger partial charge is 0.453 e. The van der Waals surface area contributed by atoms with Gasteiger partial charge in [0.1, 0.15) is 11.6 Å². The van der Waals surface area contributed by atoms with Crippen molar-refractivity contribution in [3.8, 4) is 0 Å². The Balaban J connectivity index is 1.61. The molecule has 1 atom stereocenters. The summed E-state index contributed by atoms with van der Waals surface area (Å²) in [4.78, 5) is 26.5. The van der Waals surface area contributed by atoms with Crippen LogP contribution < -0.4 is 5.32 Å². The van der Waals surface area contributed by atoms with E-state index in [1.807, 2.05) is 37.4 Å². The molecule has 1 fully saturated rings. The van der Waals surface area contributed by atoms with Crippen LogP contribution in [-0.4, -0.2) is 46.4 Å². The molecular weight excluding hydrogens is 424 g/mol. The minimum absolute atomic E-state index is 0.294. The highest BCUT2D eigenvalue weighted by Gasteiger charge is 2.23. The molecule has 0 spiro atoms. The molecule has 7 nitrogen and oxygen atoms in total. The van der Waals surface area contributed by atoms with Gasteiger partial charge in [-0.15, -0.1) is 0 Å². The number of nitrogens with zero attached hydrogens (tertiary/aromatic N) is 3. The summed E-state index contributed by atoms with van der Waals surface area (Å²) in [5.41, 5.74) is 1.96. The third kappa shape index (κ3) is 5.19. The van der Waals surface area contributed by atoms with Crippen LogP contribution in [0.5, 0.6) is 0 Å². The number of hydrogen-bond acceptors (Lipinski definition) is 8. The Morgan fingerprint density at radius 2 is 1.91 bits per heavy atom. The average molecular weight is 453 g/mol. The normalized spacial score (nSPS) is 19.5. The van der Waals surface area contributed by atoms with Gasteiger partial charge in [-0.3, -0.25) is 0 Å². The van der Waals surface area contributed by atoms with Crippen molar-refractivity contribution in [2.24, 2.45) is 0 Å². The smallest absolute Gasteiger partial charge is 0.338 e. The third-order valence-electron chi connectivity index (χ3n) is 5.80. The maximum Gasteiger partial charge on any atom is 0.338 e. The molecule has 0 amide bonds. The van der Waals surface area contributed by atoms with Crippen LogP contribution in [0.25, 0.3) is 10.9 Å². The molecule has 4 rings (SSSR count). The van der Waals surface area contributed by atoms with Crippen molar-refractivity contribution in [2.75, 3.05) is 18.7 Å². The van der Waals surface area contributed by atoms with Gasteiger partial charge < -0.3 is 14.8 Å². The van der Waals surface area contributed by atoms with E-state index in [1.165, 1.54) is 11.8 Å². The number of rotatable bonds is 7. The Hall–Kier alpha value is -2.71. The molecule has 32 heavy (non-hydrogen) atoms. The van der Waals surface area contributed by atoms with Crippen LogP contribution in [0.3, 0.4) is 0 Å². The second-order valence-corrected chi connectivity index (χ2v) is 8.73. The van der Waals surface area contributed by atoms with E-state index in [0.717, 1.165) is 36.6 Å². The van der Waals surface area contributed by atoms with E-state index in [1.54, 1.807) is 25.4 Å². The molecular formula is C24H28N4O3S. The van der Waals surface area contributed by atoms with Crippen molar-refractivity contribution in [2.45, 2.75) is 56.0 Å². The fourth-order valence-electron chi connectivity index (χ4n) is 3.95. The zero-order chi connectivity index (χ0) is 22.5. The fraction of sp³-hybridized carbons (Fsp3) is 0.417. The minimum Gasteiger partial charge on any atom is -0.453 e. The zero-order valence-electron chi connectivity index (χ0n) is 18.6. The number of aromatic nitrogens is 3. The van der Waals surface area contributed by atoms with E-state index in [2.05, 4.69) is 10.3 Å². The number of carbonyl (C=O) groups excluding carboxylic acids is 1. The molecule has 0 unspecified atom stereocenters. The molecule has 3 aromatic rings. The molecule has 2 aromatic heterocycles. The van der Waals surface area contributed by atoms with Gasteiger partial charge in [-0.05, 0) is 57.1 Å². The Morgan fingerprint density at radius 3 is 2.59 bits per heavy atom. The Bertz CT molecular complexity index is 1070. The molecule has 1 aliphatic carbocycles. The first-order chi connectivity index (χ1) is 15.6. The molecule has 1 saturated carbocycles. The molecule has 1 N–H and O–H groups in total. The predicted molar refractivity (Wildman–Crippen MR) is 126 cm³/mol. The van der Waals surface area contributed by atoms with Crippen LogP contribution in [0.4, 0.5) is 5.82 Å². The van der Waals surface area contributed by atoms with Gasteiger partial charge in [0.05, 0.1) is 17.4 Å². The van der Waals surface area contributed by atoms with Crippen LogP contribution in [0.15, 0.2) is 47.8 Å². The van der Waals surface area contributed by atoms with Crippen molar-refractivity contribution in [3.63, 3.8) is 0 Å². The van der Waals surface area contributed by atoms with Crippen molar-refractivity contribution in [1.29, 1.82) is 0 Å². The van der Waals surface area contributed by atoms with Crippen molar-refractivity contribution in [3.05, 3.63) is 53.9 Å². The van der Waals surface area contributed by atoms with Gasteiger partial charge >= 0.3 is 5.97 Å². The Morgan fingerprint density at radius 1 is 1.16 bits per heavy atom. The number of carbonyl (C=O) groups is 1. The van der Waals surface area contributed by atoms with Gasteiger partial charge in [0.25, 0.3) is 0 Å². The summed E-state index contributed by atoms with van der Waals surface area (Å²) >= 11 is 1.49. The number of thioether (sulfide) groups is 1. The summed E-state index contributed by atoms with van der Waals surface area (Å²) in [5, 5.41) is 5.15. The number of fused-ring (bicyclic) bond motifs is 1. The number of anilines is 1. The SMILES string of the molecule is COC1CCC(Nc2nc([C@@H](C)OC(=O)c3ccccc3)cc3cnc(SC)nc23)CC1. The average Bonchev–Trinajstić information content (AvgIpc) is 2.84. The molecule has 8 heteroatoms. The van der Waals surface area contributed by atoms with E-state index in [9.17, 15) is 4.79 Å². The monoisotopic (exact) mass is 452 g/mol. The van der Waals surface area contributed by atoms with Gasteiger partial charge in [0.15, 0.2) is 11.0 Å². The summed E-state index contributed by atoms with van der Waals surface area (Å²) in [7, 11) is 1.77. The van der Waals surface area contributed by atoms with E-state index in [0.29, 0.717) is 34.4 Å². The zero-order valence-corrected chi connectivity index (χ0v) is 19.4. The molecule has 0 radical (unpaired) electrons. The van der Waals surface area contributed by atoms with Crippen molar-refractivity contribution in [1.82, 2.24) is 15.0 Å². The highest BCUT2D eigenvalue weighted by atomic mass is 32.2. The summed E-state index contributed by atoms with van der Waals surface area (Å²) in [6.45, 7) is 1.83. The maximum absolute atomic E-state index is 12.5. The van der Waals surface area contributed by atoms with Crippen LogP contribution >= 0.6 is 11.8 Å². The minimum atomic E-state index is -0.517. The summed E-state index contributed by atoms with van der Waals surface area (Å²) < 4.78 is 11.2. The molecule has 168 valence electrons. The molecule has 0 bridgehead atoms. The fourth-order valence-corrected chi connectivity index (χ4v) is 4.29. The lowest BCUT2D eigenvalue weighted by atomic mass is 9.93. The number of esters is 1. The molecule has 1 aliphatic rings. The summed E-state index contributed by atoms with van der Waals surface area (Å²) in [6, 6.07) is 11.2. The molecule has 2 heterocycles. The quantitative estimate of drug-likeness (QED) is 0.303.